The number of thiophene rings is 1. The fourth-order valence-electron chi connectivity index (χ4n) is 3.21. The number of carbonyl (C=O) groups is 1. The molecule has 0 fully saturated rings. The summed E-state index contributed by atoms with van der Waals surface area (Å²) in [5.41, 5.74) is 5.41. The Morgan fingerprint density at radius 2 is 2.12 bits per heavy atom. The lowest BCUT2D eigenvalue weighted by molar-refractivity contribution is 0.0531. The number of nitrogens with one attached hydrogen (secondary N) is 1. The lowest BCUT2D eigenvalue weighted by Crippen LogP contribution is -2.09. The van der Waals surface area contributed by atoms with Gasteiger partial charge in [-0.15, -0.1) is 23.1 Å². The lowest BCUT2D eigenvalue weighted by atomic mass is 9.94. The largest absolute Gasteiger partial charge is 0.462 e. The van der Waals surface area contributed by atoms with Crippen LogP contribution in [0.15, 0.2) is 34.5 Å². The van der Waals surface area contributed by atoms with Crippen molar-refractivity contribution in [1.82, 2.24) is 9.97 Å². The van der Waals surface area contributed by atoms with Crippen molar-refractivity contribution >= 4 is 29.1 Å². The molecular weight excluding hydrogens is 352 g/mol. The normalized spacial score (nSPS) is 12.6. The zero-order chi connectivity index (χ0) is 17.4. The van der Waals surface area contributed by atoms with E-state index in [0.717, 1.165) is 55.8 Å². The van der Waals surface area contributed by atoms with Crippen LogP contribution in [0.25, 0.3) is 22.6 Å². The Kier molecular flexibility index (Phi) is 4.39. The zero-order valence-corrected chi connectivity index (χ0v) is 15.7. The quantitative estimate of drug-likeness (QED) is 0.529. The Balaban J connectivity index is 1.84. The molecule has 0 spiro atoms. The second kappa shape index (κ2) is 6.69. The summed E-state index contributed by atoms with van der Waals surface area (Å²) in [6.45, 7) is 2.23. The summed E-state index contributed by atoms with van der Waals surface area (Å²) in [5, 5.41) is 0. The molecule has 0 bridgehead atoms. The van der Waals surface area contributed by atoms with Crippen molar-refractivity contribution < 1.29 is 9.53 Å². The average molecular weight is 370 g/mol. The number of ether oxygens (including phenoxy) is 1. The number of aryl methyl sites for hydroxylation is 1. The van der Waals surface area contributed by atoms with E-state index in [0.29, 0.717) is 6.61 Å². The minimum atomic E-state index is -0.216. The summed E-state index contributed by atoms with van der Waals surface area (Å²) in [7, 11) is 0. The number of aromatic amines is 1. The molecular formula is C19H18N2O2S2. The number of carbonyl (C=O) groups excluding carboxylic acids is 1. The smallest absolute Gasteiger partial charge is 0.348 e. The average Bonchev–Trinajstić information content (AvgIpc) is 3.23. The van der Waals surface area contributed by atoms with Crippen molar-refractivity contribution in [3.05, 3.63) is 46.5 Å². The highest BCUT2D eigenvalue weighted by Gasteiger charge is 2.30. The molecule has 1 aliphatic carbocycles. The molecule has 0 radical (unpaired) electrons. The van der Waals surface area contributed by atoms with Crippen LogP contribution in [-0.2, 0) is 17.6 Å². The highest BCUT2D eigenvalue weighted by Crippen LogP contribution is 2.46. The number of hydrogen-bond acceptors (Lipinski definition) is 5. The first-order valence-corrected chi connectivity index (χ1v) is 10.3. The van der Waals surface area contributed by atoms with Crippen LogP contribution in [0.4, 0.5) is 0 Å². The molecule has 128 valence electrons. The van der Waals surface area contributed by atoms with Gasteiger partial charge in [-0.2, -0.15) is 0 Å². The maximum atomic E-state index is 12.3. The number of fused-ring (bicyclic) bond motifs is 3. The van der Waals surface area contributed by atoms with Gasteiger partial charge in [-0.1, -0.05) is 30.3 Å². The Morgan fingerprint density at radius 3 is 2.84 bits per heavy atom. The number of esters is 1. The molecule has 6 heteroatoms. The van der Waals surface area contributed by atoms with Gasteiger partial charge in [0.2, 0.25) is 0 Å². The van der Waals surface area contributed by atoms with Crippen molar-refractivity contribution in [3.8, 4) is 22.6 Å². The molecule has 0 atom stereocenters. The third-order valence-corrected chi connectivity index (χ3v) is 6.64. The number of imidazole rings is 1. The minimum Gasteiger partial charge on any atom is -0.462 e. The van der Waals surface area contributed by atoms with Crippen LogP contribution in [0.1, 0.15) is 27.9 Å². The molecule has 0 saturated carbocycles. The number of thioether (sulfide) groups is 1. The monoisotopic (exact) mass is 370 g/mol. The van der Waals surface area contributed by atoms with Gasteiger partial charge in [0.1, 0.15) is 10.7 Å². The molecule has 3 aromatic rings. The van der Waals surface area contributed by atoms with Crippen LogP contribution in [0.2, 0.25) is 0 Å². The maximum Gasteiger partial charge on any atom is 0.348 e. The molecule has 0 aliphatic heterocycles. The number of H-pyrrole nitrogens is 1. The fraction of sp³-hybridized carbons (Fsp3) is 0.263. The summed E-state index contributed by atoms with van der Waals surface area (Å²) in [6.07, 6.45) is 3.74. The maximum absolute atomic E-state index is 12.3. The first kappa shape index (κ1) is 16.4. The molecule has 4 rings (SSSR count). The summed E-state index contributed by atoms with van der Waals surface area (Å²) in [4.78, 5) is 21.4. The molecule has 25 heavy (non-hydrogen) atoms. The predicted octanol–water partition coefficient (Wildman–Crippen LogP) is 4.80. The van der Waals surface area contributed by atoms with Gasteiger partial charge < -0.3 is 9.72 Å². The summed E-state index contributed by atoms with van der Waals surface area (Å²) < 4.78 is 6.38. The predicted molar refractivity (Wildman–Crippen MR) is 102 cm³/mol. The van der Waals surface area contributed by atoms with E-state index >= 15 is 0 Å². The highest BCUT2D eigenvalue weighted by atomic mass is 32.2. The van der Waals surface area contributed by atoms with Gasteiger partial charge in [0.05, 0.1) is 16.5 Å². The molecule has 1 N–H and O–H groups in total. The summed E-state index contributed by atoms with van der Waals surface area (Å²) in [6, 6.07) is 10.1. The molecule has 4 nitrogen and oxygen atoms in total. The standard InChI is InChI=1S/C19H18N2O2S2/c1-3-23-18(22)16-12-9-10-13-15(14(12)19(24-2)25-16)21-17(20-13)11-7-5-4-6-8-11/h4-8H,3,9-10H2,1-2H3,(H,20,21). The number of aromatic nitrogens is 2. The molecule has 2 aromatic heterocycles. The topological polar surface area (TPSA) is 55.0 Å². The Labute approximate surface area is 154 Å². The van der Waals surface area contributed by atoms with E-state index in [2.05, 4.69) is 17.1 Å². The van der Waals surface area contributed by atoms with Crippen LogP contribution >= 0.6 is 23.1 Å². The van der Waals surface area contributed by atoms with Gasteiger partial charge in [0.25, 0.3) is 0 Å². The lowest BCUT2D eigenvalue weighted by Gasteiger charge is -2.13. The van der Waals surface area contributed by atoms with Crippen LogP contribution in [0, 0.1) is 0 Å². The van der Waals surface area contributed by atoms with Gasteiger partial charge >= 0.3 is 5.97 Å². The number of rotatable bonds is 4. The number of benzene rings is 1. The molecule has 0 saturated heterocycles. The first-order chi connectivity index (χ1) is 12.2. The molecule has 1 aromatic carbocycles. The van der Waals surface area contributed by atoms with Gasteiger partial charge in [-0.05, 0) is 31.6 Å². The van der Waals surface area contributed by atoms with Gasteiger partial charge in [0, 0.05) is 16.8 Å². The Bertz CT molecular complexity index is 929. The van der Waals surface area contributed by atoms with Crippen molar-refractivity contribution in [2.24, 2.45) is 0 Å². The fourth-order valence-corrected chi connectivity index (χ4v) is 5.19. The van der Waals surface area contributed by atoms with Gasteiger partial charge in [-0.25, -0.2) is 9.78 Å². The van der Waals surface area contributed by atoms with Crippen molar-refractivity contribution in [2.45, 2.75) is 24.0 Å². The van der Waals surface area contributed by atoms with Crippen LogP contribution < -0.4 is 0 Å². The van der Waals surface area contributed by atoms with Gasteiger partial charge in [0.15, 0.2) is 0 Å². The third kappa shape index (κ3) is 2.79. The number of hydrogen-bond donors (Lipinski definition) is 1. The van der Waals surface area contributed by atoms with E-state index < -0.39 is 0 Å². The van der Waals surface area contributed by atoms with Crippen LogP contribution in [0.5, 0.6) is 0 Å². The van der Waals surface area contributed by atoms with E-state index in [4.69, 9.17) is 9.72 Å². The molecule has 1 aliphatic rings. The zero-order valence-electron chi connectivity index (χ0n) is 14.1. The van der Waals surface area contributed by atoms with E-state index in [1.807, 2.05) is 31.4 Å². The number of nitrogens with zero attached hydrogens (tertiary/aromatic N) is 1. The van der Waals surface area contributed by atoms with Crippen molar-refractivity contribution in [3.63, 3.8) is 0 Å². The SMILES string of the molecule is CCOC(=O)c1sc(SC)c2c1CCc1[nH]c(-c3ccccc3)nc1-2. The second-order valence-electron chi connectivity index (χ2n) is 5.78. The van der Waals surface area contributed by atoms with E-state index in [-0.39, 0.29) is 5.97 Å². The van der Waals surface area contributed by atoms with Crippen molar-refractivity contribution in [1.29, 1.82) is 0 Å². The first-order valence-electron chi connectivity index (χ1n) is 8.24. The second-order valence-corrected chi connectivity index (χ2v) is 7.87. The third-order valence-electron chi connectivity index (χ3n) is 4.31. The Morgan fingerprint density at radius 1 is 1.32 bits per heavy atom. The molecule has 0 amide bonds. The van der Waals surface area contributed by atoms with Crippen LogP contribution in [-0.4, -0.2) is 28.8 Å². The van der Waals surface area contributed by atoms with E-state index in [1.165, 1.54) is 11.3 Å². The highest BCUT2D eigenvalue weighted by molar-refractivity contribution is 8.00. The Hall–Kier alpha value is -2.05. The molecule has 2 heterocycles. The van der Waals surface area contributed by atoms with E-state index in [1.54, 1.807) is 11.8 Å². The molecule has 0 unspecified atom stereocenters. The van der Waals surface area contributed by atoms with E-state index in [9.17, 15) is 4.79 Å². The summed E-state index contributed by atoms with van der Waals surface area (Å²) >= 11 is 3.19. The minimum absolute atomic E-state index is 0.216. The van der Waals surface area contributed by atoms with Crippen LogP contribution in [0.3, 0.4) is 0 Å². The van der Waals surface area contributed by atoms with Crippen molar-refractivity contribution in [2.75, 3.05) is 12.9 Å². The van der Waals surface area contributed by atoms with Gasteiger partial charge in [-0.3, -0.25) is 0 Å². The summed E-state index contributed by atoms with van der Waals surface area (Å²) in [5.74, 6) is 0.667.